The average Bonchev–Trinajstić information content (AvgIpc) is 2.88. The van der Waals surface area contributed by atoms with Gasteiger partial charge in [0.2, 0.25) is 0 Å². The predicted octanol–water partition coefficient (Wildman–Crippen LogP) is 1.91. The Balaban J connectivity index is 2.38. The number of tetrazole rings is 1. The number of methoxy groups -OCH3 is 1. The molecule has 0 spiro atoms. The van der Waals surface area contributed by atoms with Gasteiger partial charge in [0.1, 0.15) is 0 Å². The Hall–Kier alpha value is -1.95. The van der Waals surface area contributed by atoms with E-state index in [-0.39, 0.29) is 6.04 Å². The van der Waals surface area contributed by atoms with Gasteiger partial charge in [0.15, 0.2) is 5.82 Å². The molecule has 0 aliphatic rings. The van der Waals surface area contributed by atoms with Crippen LogP contribution in [0.1, 0.15) is 25.8 Å². The molecule has 0 aliphatic heterocycles. The first-order chi connectivity index (χ1) is 9.27. The lowest BCUT2D eigenvalue weighted by molar-refractivity contribution is 0.144. The van der Waals surface area contributed by atoms with Crippen molar-refractivity contribution in [1.82, 2.24) is 20.2 Å². The standard InChI is InChI=1S/C13H19N5O/c1-3-6-10(9-19-2)18-13(15-16-17-18)11-7-4-5-8-12(11)14/h4-5,7-8,10H,3,6,9,14H2,1-2H3. The monoisotopic (exact) mass is 261 g/mol. The molecule has 0 amide bonds. The lowest BCUT2D eigenvalue weighted by atomic mass is 10.1. The first-order valence-electron chi connectivity index (χ1n) is 6.39. The van der Waals surface area contributed by atoms with Crippen LogP contribution in [0.25, 0.3) is 11.4 Å². The Kier molecular flexibility index (Phi) is 4.46. The van der Waals surface area contributed by atoms with Gasteiger partial charge >= 0.3 is 0 Å². The number of anilines is 1. The number of nitrogens with zero attached hydrogens (tertiary/aromatic N) is 4. The largest absolute Gasteiger partial charge is 0.398 e. The summed E-state index contributed by atoms with van der Waals surface area (Å²) in [7, 11) is 1.68. The lowest BCUT2D eigenvalue weighted by Crippen LogP contribution is -2.17. The summed E-state index contributed by atoms with van der Waals surface area (Å²) in [6.45, 7) is 2.71. The van der Waals surface area contributed by atoms with Crippen molar-refractivity contribution >= 4 is 5.69 Å². The molecule has 1 aromatic heterocycles. The molecule has 1 aromatic carbocycles. The molecular formula is C13H19N5O. The SMILES string of the molecule is CCCC(COC)n1nnnc1-c1ccccc1N. The summed E-state index contributed by atoms with van der Waals surface area (Å²) in [6, 6.07) is 7.72. The van der Waals surface area contributed by atoms with Crippen LogP contribution < -0.4 is 5.73 Å². The molecule has 0 saturated carbocycles. The van der Waals surface area contributed by atoms with Gasteiger partial charge in [-0.1, -0.05) is 25.5 Å². The molecule has 6 heteroatoms. The van der Waals surface area contributed by atoms with Crippen molar-refractivity contribution in [3.8, 4) is 11.4 Å². The zero-order valence-electron chi connectivity index (χ0n) is 11.3. The van der Waals surface area contributed by atoms with Crippen LogP contribution in [0.2, 0.25) is 0 Å². The topological polar surface area (TPSA) is 78.8 Å². The first kappa shape index (κ1) is 13.5. The molecule has 1 unspecified atom stereocenters. The second kappa shape index (κ2) is 6.29. The van der Waals surface area contributed by atoms with Gasteiger partial charge in [-0.2, -0.15) is 0 Å². The minimum Gasteiger partial charge on any atom is -0.398 e. The summed E-state index contributed by atoms with van der Waals surface area (Å²) in [5, 5.41) is 12.0. The number of para-hydroxylation sites is 1. The summed E-state index contributed by atoms with van der Waals surface area (Å²) < 4.78 is 7.06. The first-order valence-corrected chi connectivity index (χ1v) is 6.39. The summed E-state index contributed by atoms with van der Waals surface area (Å²) in [5.41, 5.74) is 7.51. The molecule has 0 radical (unpaired) electrons. The van der Waals surface area contributed by atoms with E-state index in [0.717, 1.165) is 18.4 Å². The van der Waals surface area contributed by atoms with Gasteiger partial charge in [-0.3, -0.25) is 0 Å². The maximum atomic E-state index is 5.99. The molecule has 2 aromatic rings. The molecule has 1 atom stereocenters. The molecule has 2 rings (SSSR count). The number of rotatable bonds is 6. The second-order valence-corrected chi connectivity index (χ2v) is 4.43. The van der Waals surface area contributed by atoms with Gasteiger partial charge in [-0.15, -0.1) is 5.10 Å². The van der Waals surface area contributed by atoms with Crippen molar-refractivity contribution < 1.29 is 4.74 Å². The highest BCUT2D eigenvalue weighted by Gasteiger charge is 2.18. The minimum atomic E-state index is 0.125. The Bertz CT molecular complexity index is 519. The van der Waals surface area contributed by atoms with Crippen molar-refractivity contribution in [1.29, 1.82) is 0 Å². The number of ether oxygens (including phenoxy) is 1. The third-order valence-electron chi connectivity index (χ3n) is 3.02. The molecule has 2 N–H and O–H groups in total. The van der Waals surface area contributed by atoms with Gasteiger partial charge in [0.05, 0.1) is 12.6 Å². The van der Waals surface area contributed by atoms with E-state index in [1.54, 1.807) is 11.8 Å². The smallest absolute Gasteiger partial charge is 0.184 e. The van der Waals surface area contributed by atoms with Gasteiger partial charge < -0.3 is 10.5 Å². The minimum absolute atomic E-state index is 0.125. The Morgan fingerprint density at radius 3 is 2.84 bits per heavy atom. The van der Waals surface area contributed by atoms with E-state index in [1.165, 1.54) is 0 Å². The fourth-order valence-corrected chi connectivity index (χ4v) is 2.12. The van der Waals surface area contributed by atoms with Gasteiger partial charge in [-0.25, -0.2) is 4.68 Å². The van der Waals surface area contributed by atoms with Crippen molar-refractivity contribution in [2.24, 2.45) is 0 Å². The van der Waals surface area contributed by atoms with Gasteiger partial charge in [0.25, 0.3) is 0 Å². The maximum Gasteiger partial charge on any atom is 0.184 e. The molecule has 0 aliphatic carbocycles. The highest BCUT2D eigenvalue weighted by Crippen LogP contribution is 2.26. The van der Waals surface area contributed by atoms with Crippen molar-refractivity contribution in [3.63, 3.8) is 0 Å². The van der Waals surface area contributed by atoms with Crippen molar-refractivity contribution in [3.05, 3.63) is 24.3 Å². The highest BCUT2D eigenvalue weighted by atomic mass is 16.5. The fourth-order valence-electron chi connectivity index (χ4n) is 2.12. The fraction of sp³-hybridized carbons (Fsp3) is 0.462. The van der Waals surface area contributed by atoms with E-state index in [9.17, 15) is 0 Å². The molecule has 0 saturated heterocycles. The number of nitrogens with two attached hydrogens (primary N) is 1. The van der Waals surface area contributed by atoms with Crippen molar-refractivity contribution in [2.45, 2.75) is 25.8 Å². The summed E-state index contributed by atoms with van der Waals surface area (Å²) in [6.07, 6.45) is 2.00. The second-order valence-electron chi connectivity index (χ2n) is 4.43. The van der Waals surface area contributed by atoms with Crippen LogP contribution in [0.15, 0.2) is 24.3 Å². The number of hydrogen-bond acceptors (Lipinski definition) is 5. The Morgan fingerprint density at radius 1 is 1.37 bits per heavy atom. The van der Waals surface area contributed by atoms with Gasteiger partial charge in [-0.05, 0) is 29.0 Å². The van der Waals surface area contributed by atoms with Crippen LogP contribution >= 0.6 is 0 Å². The van der Waals surface area contributed by atoms with E-state index >= 15 is 0 Å². The molecule has 1 heterocycles. The van der Waals surface area contributed by atoms with Crippen LogP contribution in [-0.4, -0.2) is 33.9 Å². The zero-order chi connectivity index (χ0) is 13.7. The number of benzene rings is 1. The molecule has 102 valence electrons. The molecule has 0 fully saturated rings. The molecule has 6 nitrogen and oxygen atoms in total. The predicted molar refractivity (Wildman–Crippen MR) is 73.5 cm³/mol. The third-order valence-corrected chi connectivity index (χ3v) is 3.02. The molecule has 0 bridgehead atoms. The van der Waals surface area contributed by atoms with Gasteiger partial charge in [0, 0.05) is 18.4 Å². The van der Waals surface area contributed by atoms with Crippen LogP contribution in [0, 0.1) is 0 Å². The maximum absolute atomic E-state index is 5.99. The third kappa shape index (κ3) is 2.90. The van der Waals surface area contributed by atoms with Crippen molar-refractivity contribution in [2.75, 3.05) is 19.5 Å². The Labute approximate surface area is 112 Å². The highest BCUT2D eigenvalue weighted by molar-refractivity contribution is 5.71. The summed E-state index contributed by atoms with van der Waals surface area (Å²) in [4.78, 5) is 0. The lowest BCUT2D eigenvalue weighted by Gasteiger charge is -2.17. The van der Waals surface area contributed by atoms with E-state index < -0.39 is 0 Å². The Morgan fingerprint density at radius 2 is 2.16 bits per heavy atom. The number of hydrogen-bond donors (Lipinski definition) is 1. The van der Waals surface area contributed by atoms with Crippen LogP contribution in [0.4, 0.5) is 5.69 Å². The average molecular weight is 261 g/mol. The quantitative estimate of drug-likeness (QED) is 0.803. The normalized spacial score (nSPS) is 12.5. The summed E-state index contributed by atoms with van der Waals surface area (Å²) >= 11 is 0. The van der Waals surface area contributed by atoms with E-state index in [4.69, 9.17) is 10.5 Å². The van der Waals surface area contributed by atoms with Crippen LogP contribution in [0.3, 0.4) is 0 Å². The molecular weight excluding hydrogens is 242 g/mol. The van der Waals surface area contributed by atoms with E-state index in [1.807, 2.05) is 24.3 Å². The number of nitrogen functional groups attached to an aromatic ring is 1. The van der Waals surface area contributed by atoms with E-state index in [2.05, 4.69) is 22.4 Å². The number of aromatic nitrogens is 4. The summed E-state index contributed by atoms with van der Waals surface area (Å²) in [5.74, 6) is 0.689. The van der Waals surface area contributed by atoms with E-state index in [0.29, 0.717) is 18.1 Å². The zero-order valence-corrected chi connectivity index (χ0v) is 11.3. The van der Waals surface area contributed by atoms with Crippen LogP contribution in [-0.2, 0) is 4.74 Å². The molecule has 19 heavy (non-hydrogen) atoms. The van der Waals surface area contributed by atoms with Crippen LogP contribution in [0.5, 0.6) is 0 Å².